The molecule has 20 heavy (non-hydrogen) atoms. The Bertz CT molecular complexity index is 437. The SMILES string of the molecule is CNC(=O)COc1ccc(NC(=O)C(C)CN)cc1.Cl. The molecule has 1 atom stereocenters. The molecule has 0 radical (unpaired) electrons. The molecule has 1 unspecified atom stereocenters. The molecule has 0 saturated carbocycles. The number of rotatable bonds is 6. The van der Waals surface area contributed by atoms with E-state index >= 15 is 0 Å². The number of halogens is 1. The molecule has 4 N–H and O–H groups in total. The summed E-state index contributed by atoms with van der Waals surface area (Å²) >= 11 is 0. The van der Waals surface area contributed by atoms with Crippen LogP contribution in [0.15, 0.2) is 24.3 Å². The first-order chi connectivity index (χ1) is 9.06. The third kappa shape index (κ3) is 5.90. The van der Waals surface area contributed by atoms with Gasteiger partial charge in [0.25, 0.3) is 5.91 Å². The van der Waals surface area contributed by atoms with Gasteiger partial charge in [0.15, 0.2) is 6.61 Å². The molecule has 1 aromatic carbocycles. The van der Waals surface area contributed by atoms with Gasteiger partial charge in [0.1, 0.15) is 5.75 Å². The molecule has 2 amide bonds. The van der Waals surface area contributed by atoms with Gasteiger partial charge >= 0.3 is 0 Å². The number of ether oxygens (including phenoxy) is 1. The Kier molecular flexibility index (Phi) is 8.35. The molecular formula is C13H20ClN3O3. The van der Waals surface area contributed by atoms with Gasteiger partial charge in [-0.1, -0.05) is 6.92 Å². The number of nitrogens with one attached hydrogen (secondary N) is 2. The van der Waals surface area contributed by atoms with Crippen molar-refractivity contribution in [3.8, 4) is 5.75 Å². The van der Waals surface area contributed by atoms with E-state index in [1.54, 1.807) is 38.2 Å². The molecule has 7 heteroatoms. The van der Waals surface area contributed by atoms with Gasteiger partial charge in [-0.25, -0.2) is 0 Å². The molecule has 0 heterocycles. The Morgan fingerprint density at radius 2 is 1.90 bits per heavy atom. The zero-order valence-electron chi connectivity index (χ0n) is 11.5. The smallest absolute Gasteiger partial charge is 0.257 e. The quantitative estimate of drug-likeness (QED) is 0.723. The fourth-order valence-electron chi connectivity index (χ4n) is 1.23. The van der Waals surface area contributed by atoms with E-state index in [2.05, 4.69) is 10.6 Å². The van der Waals surface area contributed by atoms with Crippen LogP contribution in [0.3, 0.4) is 0 Å². The van der Waals surface area contributed by atoms with Crippen molar-refractivity contribution in [1.82, 2.24) is 5.32 Å². The number of carbonyl (C=O) groups excluding carboxylic acids is 2. The Labute approximate surface area is 124 Å². The Hall–Kier alpha value is -1.79. The average Bonchev–Trinajstić information content (AvgIpc) is 2.45. The largest absolute Gasteiger partial charge is 0.484 e. The van der Waals surface area contributed by atoms with Gasteiger partial charge in [0.2, 0.25) is 5.91 Å². The van der Waals surface area contributed by atoms with Gasteiger partial charge in [0, 0.05) is 25.2 Å². The Balaban J connectivity index is 0.00000361. The molecule has 1 aromatic rings. The molecule has 112 valence electrons. The first kappa shape index (κ1) is 18.2. The van der Waals surface area contributed by atoms with E-state index in [-0.39, 0.29) is 36.7 Å². The number of carbonyl (C=O) groups is 2. The molecule has 6 nitrogen and oxygen atoms in total. The highest BCUT2D eigenvalue weighted by atomic mass is 35.5. The highest BCUT2D eigenvalue weighted by Gasteiger charge is 2.10. The highest BCUT2D eigenvalue weighted by Crippen LogP contribution is 2.16. The summed E-state index contributed by atoms with van der Waals surface area (Å²) in [5.41, 5.74) is 6.08. The number of nitrogens with two attached hydrogens (primary N) is 1. The van der Waals surface area contributed by atoms with Crippen LogP contribution in [0.2, 0.25) is 0 Å². The minimum absolute atomic E-state index is 0. The lowest BCUT2D eigenvalue weighted by molar-refractivity contribution is -0.122. The number of hydrogen-bond acceptors (Lipinski definition) is 4. The van der Waals surface area contributed by atoms with E-state index in [9.17, 15) is 9.59 Å². The topological polar surface area (TPSA) is 93.5 Å². The van der Waals surface area contributed by atoms with Crippen LogP contribution in [-0.2, 0) is 9.59 Å². The molecular weight excluding hydrogens is 282 g/mol. The first-order valence-corrected chi connectivity index (χ1v) is 6.01. The van der Waals surface area contributed by atoms with Gasteiger partial charge in [0.05, 0.1) is 0 Å². The van der Waals surface area contributed by atoms with Crippen molar-refractivity contribution in [3.05, 3.63) is 24.3 Å². The molecule has 1 rings (SSSR count). The molecule has 0 bridgehead atoms. The van der Waals surface area contributed by atoms with E-state index in [0.29, 0.717) is 18.0 Å². The zero-order chi connectivity index (χ0) is 14.3. The zero-order valence-corrected chi connectivity index (χ0v) is 12.3. The lowest BCUT2D eigenvalue weighted by Crippen LogP contribution is -2.26. The van der Waals surface area contributed by atoms with E-state index in [1.165, 1.54) is 0 Å². The van der Waals surface area contributed by atoms with Crippen LogP contribution in [-0.4, -0.2) is 32.0 Å². The maximum Gasteiger partial charge on any atom is 0.257 e. The third-order valence-corrected chi connectivity index (χ3v) is 2.57. The fourth-order valence-corrected chi connectivity index (χ4v) is 1.23. The number of anilines is 1. The predicted molar refractivity (Wildman–Crippen MR) is 80.1 cm³/mol. The second-order valence-electron chi connectivity index (χ2n) is 4.11. The maximum atomic E-state index is 11.6. The monoisotopic (exact) mass is 301 g/mol. The van der Waals surface area contributed by atoms with Crippen molar-refractivity contribution in [2.75, 3.05) is 25.5 Å². The fraction of sp³-hybridized carbons (Fsp3) is 0.385. The average molecular weight is 302 g/mol. The van der Waals surface area contributed by atoms with Crippen LogP contribution >= 0.6 is 12.4 Å². The van der Waals surface area contributed by atoms with Gasteiger partial charge in [-0.2, -0.15) is 0 Å². The van der Waals surface area contributed by atoms with E-state index in [0.717, 1.165) is 0 Å². The van der Waals surface area contributed by atoms with Crippen LogP contribution in [0.5, 0.6) is 5.75 Å². The van der Waals surface area contributed by atoms with E-state index in [4.69, 9.17) is 10.5 Å². The molecule has 0 aliphatic carbocycles. The minimum atomic E-state index is -0.232. The predicted octanol–water partition coefficient (Wildman–Crippen LogP) is 0.766. The van der Waals surface area contributed by atoms with Crippen molar-refractivity contribution in [1.29, 1.82) is 0 Å². The molecule has 0 aromatic heterocycles. The lowest BCUT2D eigenvalue weighted by atomic mass is 10.1. The minimum Gasteiger partial charge on any atom is -0.484 e. The first-order valence-electron chi connectivity index (χ1n) is 6.01. The summed E-state index contributed by atoms with van der Waals surface area (Å²) in [5.74, 6) is 0.00771. The van der Waals surface area contributed by atoms with Crippen LogP contribution in [0, 0.1) is 5.92 Å². The summed E-state index contributed by atoms with van der Waals surface area (Å²) in [4.78, 5) is 22.6. The number of hydrogen-bond donors (Lipinski definition) is 3. The second-order valence-corrected chi connectivity index (χ2v) is 4.11. The van der Waals surface area contributed by atoms with Crippen molar-refractivity contribution in [2.24, 2.45) is 11.7 Å². The van der Waals surface area contributed by atoms with Gasteiger partial charge < -0.3 is 21.1 Å². The van der Waals surface area contributed by atoms with Gasteiger partial charge in [-0.05, 0) is 24.3 Å². The van der Waals surface area contributed by atoms with Crippen molar-refractivity contribution in [3.63, 3.8) is 0 Å². The van der Waals surface area contributed by atoms with E-state index < -0.39 is 0 Å². The van der Waals surface area contributed by atoms with Crippen LogP contribution in [0.4, 0.5) is 5.69 Å². The summed E-state index contributed by atoms with van der Waals surface area (Å²) in [6.45, 7) is 2.03. The highest BCUT2D eigenvalue weighted by molar-refractivity contribution is 5.92. The normalized spacial score (nSPS) is 10.9. The molecule has 0 aliphatic heterocycles. The summed E-state index contributed by atoms with van der Waals surface area (Å²) in [7, 11) is 1.54. The van der Waals surface area contributed by atoms with Crippen molar-refractivity contribution < 1.29 is 14.3 Å². The van der Waals surface area contributed by atoms with Crippen LogP contribution in [0.25, 0.3) is 0 Å². The van der Waals surface area contributed by atoms with Gasteiger partial charge in [-0.3, -0.25) is 9.59 Å². The van der Waals surface area contributed by atoms with E-state index in [1.807, 2.05) is 0 Å². The lowest BCUT2D eigenvalue weighted by Gasteiger charge is -2.10. The van der Waals surface area contributed by atoms with Crippen molar-refractivity contribution in [2.45, 2.75) is 6.92 Å². The number of amides is 2. The maximum absolute atomic E-state index is 11.6. The Morgan fingerprint density at radius 3 is 2.40 bits per heavy atom. The molecule has 0 aliphatic rings. The summed E-state index contributed by atoms with van der Waals surface area (Å²) < 4.78 is 5.24. The number of benzene rings is 1. The van der Waals surface area contributed by atoms with Crippen LogP contribution < -0.4 is 21.1 Å². The second kappa shape index (κ2) is 9.17. The molecule has 0 spiro atoms. The van der Waals surface area contributed by atoms with Crippen molar-refractivity contribution >= 4 is 29.9 Å². The Morgan fingerprint density at radius 1 is 1.30 bits per heavy atom. The molecule has 0 saturated heterocycles. The summed E-state index contributed by atoms with van der Waals surface area (Å²) in [5, 5.41) is 5.20. The molecule has 0 fully saturated rings. The summed E-state index contributed by atoms with van der Waals surface area (Å²) in [6.07, 6.45) is 0. The van der Waals surface area contributed by atoms with Crippen LogP contribution in [0.1, 0.15) is 6.92 Å². The number of likely N-dealkylation sites (N-methyl/N-ethyl adjacent to an activating group) is 1. The summed E-state index contributed by atoms with van der Waals surface area (Å²) in [6, 6.07) is 6.79. The standard InChI is InChI=1S/C13H19N3O3.ClH/c1-9(7-14)13(18)16-10-3-5-11(6-4-10)19-8-12(17)15-2;/h3-6,9H,7-8,14H2,1-2H3,(H,15,17)(H,16,18);1H. The van der Waals surface area contributed by atoms with Gasteiger partial charge in [-0.15, -0.1) is 12.4 Å². The third-order valence-electron chi connectivity index (χ3n) is 2.57.